The van der Waals surface area contributed by atoms with Gasteiger partial charge >= 0.3 is 0 Å². The first-order chi connectivity index (χ1) is 8.09. The van der Waals surface area contributed by atoms with Crippen molar-refractivity contribution in [1.82, 2.24) is 10.1 Å². The summed E-state index contributed by atoms with van der Waals surface area (Å²) in [5, 5.41) is 8.94. The summed E-state index contributed by atoms with van der Waals surface area (Å²) in [6.45, 7) is 5.67. The van der Waals surface area contributed by atoms with E-state index in [1.165, 1.54) is 11.3 Å². The maximum Gasteiger partial charge on any atom is 0.262 e. The summed E-state index contributed by atoms with van der Waals surface area (Å²) in [6.07, 6.45) is 1.64. The molecule has 0 atom stereocenters. The lowest BCUT2D eigenvalue weighted by Gasteiger charge is -2.04. The van der Waals surface area contributed by atoms with Crippen LogP contribution in [-0.2, 0) is 0 Å². The average Bonchev–Trinajstić information content (AvgIpc) is 2.86. The topological polar surface area (TPSA) is 68.0 Å². The fourth-order valence-electron chi connectivity index (χ4n) is 1.50. The van der Waals surface area contributed by atoms with Gasteiger partial charge in [-0.15, -0.1) is 11.3 Å². The third kappa shape index (κ3) is 2.36. The third-order valence-corrected chi connectivity index (χ3v) is 2.98. The van der Waals surface area contributed by atoms with Crippen LogP contribution in [0.1, 0.15) is 41.6 Å². The Morgan fingerprint density at radius 2 is 2.29 bits per heavy atom. The Kier molecular flexibility index (Phi) is 3.23. The summed E-state index contributed by atoms with van der Waals surface area (Å²) in [6, 6.07) is 0. The molecule has 90 valence electrons. The van der Waals surface area contributed by atoms with Crippen molar-refractivity contribution in [1.29, 1.82) is 0 Å². The highest BCUT2D eigenvalue weighted by atomic mass is 32.1. The van der Waals surface area contributed by atoms with Crippen LogP contribution in [-0.4, -0.2) is 16.0 Å². The van der Waals surface area contributed by atoms with Crippen molar-refractivity contribution in [3.05, 3.63) is 28.6 Å². The van der Waals surface area contributed by atoms with E-state index < -0.39 is 0 Å². The van der Waals surface area contributed by atoms with Crippen LogP contribution < -0.4 is 5.32 Å². The summed E-state index contributed by atoms with van der Waals surface area (Å²) in [4.78, 5) is 16.1. The Bertz CT molecular complexity index is 517. The molecule has 6 heteroatoms. The van der Waals surface area contributed by atoms with Crippen molar-refractivity contribution in [2.75, 3.05) is 5.32 Å². The van der Waals surface area contributed by atoms with Crippen molar-refractivity contribution >= 4 is 22.4 Å². The second-order valence-electron chi connectivity index (χ2n) is 3.95. The molecule has 0 aliphatic rings. The number of carbonyl (C=O) groups excluding carboxylic acids is 1. The first kappa shape index (κ1) is 11.8. The van der Waals surface area contributed by atoms with E-state index in [9.17, 15) is 4.79 Å². The highest BCUT2D eigenvalue weighted by Crippen LogP contribution is 2.23. The summed E-state index contributed by atoms with van der Waals surface area (Å²) >= 11 is 1.37. The van der Waals surface area contributed by atoms with E-state index in [0.717, 1.165) is 0 Å². The van der Waals surface area contributed by atoms with Gasteiger partial charge in [-0.1, -0.05) is 19.0 Å². The number of aryl methyl sites for hydroxylation is 1. The lowest BCUT2D eigenvalue weighted by Crippen LogP contribution is -2.14. The molecule has 17 heavy (non-hydrogen) atoms. The van der Waals surface area contributed by atoms with Gasteiger partial charge in [-0.25, -0.2) is 4.98 Å². The Hall–Kier alpha value is -1.69. The highest BCUT2D eigenvalue weighted by Gasteiger charge is 2.22. The number of carbonyl (C=O) groups is 1. The quantitative estimate of drug-likeness (QED) is 0.910. The van der Waals surface area contributed by atoms with Gasteiger partial charge < -0.3 is 4.52 Å². The average molecular weight is 251 g/mol. The molecular formula is C11H13N3O2S. The van der Waals surface area contributed by atoms with E-state index in [2.05, 4.69) is 15.5 Å². The first-order valence-electron chi connectivity index (χ1n) is 5.26. The number of hydrogen-bond acceptors (Lipinski definition) is 5. The molecular weight excluding hydrogens is 238 g/mol. The Morgan fingerprint density at radius 1 is 1.53 bits per heavy atom. The number of thiazole rings is 1. The van der Waals surface area contributed by atoms with Crippen molar-refractivity contribution in [3.63, 3.8) is 0 Å². The lowest BCUT2D eigenvalue weighted by atomic mass is 10.0. The second-order valence-corrected chi connectivity index (χ2v) is 4.85. The van der Waals surface area contributed by atoms with Crippen LogP contribution in [0.25, 0.3) is 0 Å². The van der Waals surface area contributed by atoms with E-state index in [1.807, 2.05) is 13.8 Å². The van der Waals surface area contributed by atoms with Crippen LogP contribution >= 0.6 is 11.3 Å². The fraction of sp³-hybridized carbons (Fsp3) is 0.364. The molecule has 0 unspecified atom stereocenters. The lowest BCUT2D eigenvalue weighted by molar-refractivity contribution is 0.102. The zero-order valence-corrected chi connectivity index (χ0v) is 10.7. The van der Waals surface area contributed by atoms with E-state index in [4.69, 9.17) is 4.52 Å². The minimum absolute atomic E-state index is 0.119. The molecule has 0 spiro atoms. The SMILES string of the molecule is Cc1noc(C(C)C)c1C(=O)Nc1nccs1. The molecule has 0 saturated carbocycles. The van der Waals surface area contributed by atoms with Crippen molar-refractivity contribution < 1.29 is 9.32 Å². The van der Waals surface area contributed by atoms with Crippen molar-refractivity contribution in [3.8, 4) is 0 Å². The van der Waals surface area contributed by atoms with E-state index in [0.29, 0.717) is 22.1 Å². The number of aromatic nitrogens is 2. The van der Waals surface area contributed by atoms with E-state index in [1.54, 1.807) is 18.5 Å². The normalized spacial score (nSPS) is 10.8. The summed E-state index contributed by atoms with van der Waals surface area (Å²) < 4.78 is 5.17. The number of rotatable bonds is 3. The molecule has 1 amide bonds. The molecule has 0 aromatic carbocycles. The van der Waals surface area contributed by atoms with Gasteiger partial charge in [0.05, 0.1) is 5.69 Å². The van der Waals surface area contributed by atoms with Crippen molar-refractivity contribution in [2.45, 2.75) is 26.7 Å². The minimum atomic E-state index is -0.220. The number of hydrogen-bond donors (Lipinski definition) is 1. The van der Waals surface area contributed by atoms with Crippen LogP contribution in [0.2, 0.25) is 0 Å². The number of nitrogens with one attached hydrogen (secondary N) is 1. The van der Waals surface area contributed by atoms with Crippen LogP contribution in [0.3, 0.4) is 0 Å². The van der Waals surface area contributed by atoms with Gasteiger partial charge in [0.25, 0.3) is 5.91 Å². The van der Waals surface area contributed by atoms with Crippen molar-refractivity contribution in [2.24, 2.45) is 0 Å². The van der Waals surface area contributed by atoms with Crippen LogP contribution in [0.5, 0.6) is 0 Å². The molecule has 0 saturated heterocycles. The largest absolute Gasteiger partial charge is 0.360 e. The molecule has 0 bridgehead atoms. The summed E-state index contributed by atoms with van der Waals surface area (Å²) in [5.74, 6) is 0.507. The van der Waals surface area contributed by atoms with Crippen LogP contribution in [0.4, 0.5) is 5.13 Å². The molecule has 1 N–H and O–H groups in total. The molecule has 2 rings (SSSR count). The maximum absolute atomic E-state index is 12.1. The summed E-state index contributed by atoms with van der Waals surface area (Å²) in [5.41, 5.74) is 1.11. The predicted molar refractivity (Wildman–Crippen MR) is 65.4 cm³/mol. The zero-order chi connectivity index (χ0) is 12.4. The van der Waals surface area contributed by atoms with Gasteiger partial charge in [0.15, 0.2) is 10.9 Å². The molecule has 5 nitrogen and oxygen atoms in total. The molecule has 0 aliphatic carbocycles. The zero-order valence-electron chi connectivity index (χ0n) is 9.85. The smallest absolute Gasteiger partial charge is 0.262 e. The molecule has 2 heterocycles. The molecule has 0 aliphatic heterocycles. The van der Waals surface area contributed by atoms with Gasteiger partial charge in [0, 0.05) is 17.5 Å². The summed E-state index contributed by atoms with van der Waals surface area (Å²) in [7, 11) is 0. The molecule has 2 aromatic heterocycles. The van der Waals surface area contributed by atoms with Crippen LogP contribution in [0, 0.1) is 6.92 Å². The van der Waals surface area contributed by atoms with Gasteiger partial charge in [0.1, 0.15) is 5.56 Å². The Labute approximate surface area is 103 Å². The molecule has 2 aromatic rings. The fourth-order valence-corrected chi connectivity index (χ4v) is 2.03. The minimum Gasteiger partial charge on any atom is -0.360 e. The first-order valence-corrected chi connectivity index (χ1v) is 6.14. The van der Waals surface area contributed by atoms with Gasteiger partial charge in [-0.05, 0) is 6.92 Å². The Morgan fingerprint density at radius 3 is 2.88 bits per heavy atom. The van der Waals surface area contributed by atoms with Gasteiger partial charge in [-0.2, -0.15) is 0 Å². The van der Waals surface area contributed by atoms with Gasteiger partial charge in [0.2, 0.25) is 0 Å². The van der Waals surface area contributed by atoms with E-state index >= 15 is 0 Å². The highest BCUT2D eigenvalue weighted by molar-refractivity contribution is 7.13. The Balaban J connectivity index is 2.27. The third-order valence-electron chi connectivity index (χ3n) is 2.29. The monoisotopic (exact) mass is 251 g/mol. The number of anilines is 1. The molecule has 0 radical (unpaired) electrons. The van der Waals surface area contributed by atoms with E-state index in [-0.39, 0.29) is 11.8 Å². The molecule has 0 fully saturated rings. The number of amides is 1. The van der Waals surface area contributed by atoms with Crippen LogP contribution in [0.15, 0.2) is 16.1 Å². The predicted octanol–water partition coefficient (Wildman–Crippen LogP) is 2.82. The second kappa shape index (κ2) is 4.67. The van der Waals surface area contributed by atoms with Gasteiger partial charge in [-0.3, -0.25) is 10.1 Å². The maximum atomic E-state index is 12.1. The standard InChI is InChI=1S/C11H13N3O2S/c1-6(2)9-8(7(3)14-16-9)10(15)13-11-12-4-5-17-11/h4-6H,1-3H3,(H,12,13,15). The number of nitrogens with zero attached hydrogens (tertiary/aromatic N) is 2.